The van der Waals surface area contributed by atoms with E-state index in [9.17, 15) is 22.8 Å². The molecule has 2 rings (SSSR count). The van der Waals surface area contributed by atoms with Crippen LogP contribution >= 0.6 is 0 Å². The highest BCUT2D eigenvalue weighted by Gasteiger charge is 2.35. The lowest BCUT2D eigenvalue weighted by Crippen LogP contribution is -2.28. The van der Waals surface area contributed by atoms with Crippen LogP contribution in [0.5, 0.6) is 0 Å². The first-order valence-corrected chi connectivity index (χ1v) is 6.10. The largest absolute Gasteiger partial charge is 0.419 e. The van der Waals surface area contributed by atoms with Gasteiger partial charge in [0.05, 0.1) is 24.1 Å². The van der Waals surface area contributed by atoms with E-state index in [0.29, 0.717) is 30.5 Å². The average Bonchev–Trinajstić information content (AvgIpc) is 2.80. The van der Waals surface area contributed by atoms with Gasteiger partial charge >= 0.3 is 6.18 Å². The predicted molar refractivity (Wildman–Crippen MR) is 66.6 cm³/mol. The third-order valence-corrected chi connectivity index (χ3v) is 2.73. The maximum absolute atomic E-state index is 13.2. The number of methoxy groups -OCH3 is 1. The van der Waals surface area contributed by atoms with Crippen molar-refractivity contribution < 1.29 is 32.4 Å². The molecule has 22 heavy (non-hydrogen) atoms. The van der Waals surface area contributed by atoms with Crippen molar-refractivity contribution in [1.82, 2.24) is 10.5 Å². The van der Waals surface area contributed by atoms with E-state index in [1.807, 2.05) is 0 Å². The predicted octanol–water partition coefficient (Wildman–Crippen LogP) is 2.24. The molecule has 0 bridgehead atoms. The summed E-state index contributed by atoms with van der Waals surface area (Å²) in [6, 6.07) is 2.35. The molecule has 1 heterocycles. The fourth-order valence-electron chi connectivity index (χ4n) is 1.70. The van der Waals surface area contributed by atoms with Crippen molar-refractivity contribution in [3.05, 3.63) is 41.6 Å². The summed E-state index contributed by atoms with van der Waals surface area (Å²) in [5.41, 5.74) is -1.52. The highest BCUT2D eigenvalue weighted by Crippen LogP contribution is 2.34. The van der Waals surface area contributed by atoms with Crippen LogP contribution in [0, 0.1) is 5.82 Å². The fourth-order valence-corrected chi connectivity index (χ4v) is 1.70. The molecule has 10 heteroatoms. The lowest BCUT2D eigenvalue weighted by molar-refractivity contribution is -0.306. The number of nitrogens with one attached hydrogen (secondary N) is 1. The summed E-state index contributed by atoms with van der Waals surface area (Å²) in [6.45, 7) is 0.688. The Labute approximate surface area is 123 Å². The van der Waals surface area contributed by atoms with E-state index in [1.54, 1.807) is 0 Å². The van der Waals surface area contributed by atoms with Crippen LogP contribution in [0.2, 0.25) is 0 Å². The molecular formula is C12H13F4N3O3. The fraction of sp³-hybridized carbons (Fsp3) is 0.333. The van der Waals surface area contributed by atoms with Crippen molar-refractivity contribution >= 4 is 5.69 Å². The molecule has 1 aromatic carbocycles. The molecule has 2 N–H and O–H groups in total. The molecule has 0 unspecified atom stereocenters. The monoisotopic (exact) mass is 323 g/mol. The van der Waals surface area contributed by atoms with Gasteiger partial charge in [0.25, 0.3) is 0 Å². The van der Waals surface area contributed by atoms with Gasteiger partial charge in [-0.15, -0.1) is 4.94 Å². The summed E-state index contributed by atoms with van der Waals surface area (Å²) in [6.07, 6.45) is -3.62. The third-order valence-electron chi connectivity index (χ3n) is 2.73. The number of hydroxylamine groups is 3. The van der Waals surface area contributed by atoms with E-state index in [-0.39, 0.29) is 11.5 Å². The van der Waals surface area contributed by atoms with Gasteiger partial charge in [0.1, 0.15) is 5.82 Å². The van der Waals surface area contributed by atoms with Gasteiger partial charge in [-0.25, -0.2) is 4.39 Å². The van der Waals surface area contributed by atoms with Crippen molar-refractivity contribution in [2.45, 2.75) is 6.18 Å². The highest BCUT2D eigenvalue weighted by atomic mass is 19.4. The molecule has 122 valence electrons. The van der Waals surface area contributed by atoms with E-state index in [4.69, 9.17) is 9.68 Å². The highest BCUT2D eigenvalue weighted by molar-refractivity contribution is 5.50. The van der Waals surface area contributed by atoms with Gasteiger partial charge < -0.3 is 10.1 Å². The molecule has 0 aromatic heterocycles. The Bertz CT molecular complexity index is 565. The molecule has 0 atom stereocenters. The van der Waals surface area contributed by atoms with Crippen molar-refractivity contribution in [2.24, 2.45) is 0 Å². The maximum atomic E-state index is 13.2. The third kappa shape index (κ3) is 3.59. The number of halogens is 4. The average molecular weight is 323 g/mol. The smallest absolute Gasteiger partial charge is 0.383 e. The summed E-state index contributed by atoms with van der Waals surface area (Å²) in [5, 5.41) is 13.4. The Balaban J connectivity index is 2.19. The van der Waals surface area contributed by atoms with Crippen molar-refractivity contribution in [3.63, 3.8) is 0 Å². The van der Waals surface area contributed by atoms with Gasteiger partial charge in [-0.3, -0.25) is 5.21 Å². The van der Waals surface area contributed by atoms with Crippen LogP contribution in [-0.4, -0.2) is 30.7 Å². The number of nitrogens with zero attached hydrogens (tertiary/aromatic N) is 2. The summed E-state index contributed by atoms with van der Waals surface area (Å²) in [5.74, 6) is -1.30. The van der Waals surface area contributed by atoms with Crippen LogP contribution < -0.4 is 10.4 Å². The van der Waals surface area contributed by atoms with Gasteiger partial charge in [0, 0.05) is 13.7 Å². The van der Waals surface area contributed by atoms with Crippen LogP contribution in [0.4, 0.5) is 23.2 Å². The van der Waals surface area contributed by atoms with Gasteiger partial charge in [-0.1, -0.05) is 5.23 Å². The van der Waals surface area contributed by atoms with Crippen LogP contribution in [0.15, 0.2) is 30.2 Å². The zero-order valence-corrected chi connectivity index (χ0v) is 11.4. The number of hydrogen-bond acceptors (Lipinski definition) is 6. The normalized spacial score (nSPS) is 15.3. The number of alkyl halides is 3. The second-order valence-electron chi connectivity index (χ2n) is 4.28. The van der Waals surface area contributed by atoms with Gasteiger partial charge in [-0.05, 0) is 18.2 Å². The lowest BCUT2D eigenvalue weighted by Gasteiger charge is -2.17. The summed E-state index contributed by atoms with van der Waals surface area (Å²) < 4.78 is 56.1. The second-order valence-corrected chi connectivity index (χ2v) is 4.28. The maximum Gasteiger partial charge on any atom is 0.419 e. The molecular weight excluding hydrogens is 310 g/mol. The molecule has 0 amide bonds. The summed E-state index contributed by atoms with van der Waals surface area (Å²) in [7, 11) is 1.49. The first-order valence-electron chi connectivity index (χ1n) is 6.10. The Kier molecular flexibility index (Phi) is 4.74. The Morgan fingerprint density at radius 1 is 1.36 bits per heavy atom. The lowest BCUT2D eigenvalue weighted by atomic mass is 10.2. The summed E-state index contributed by atoms with van der Waals surface area (Å²) >= 11 is 0. The molecule has 0 aliphatic carbocycles. The van der Waals surface area contributed by atoms with Crippen LogP contribution in [0.3, 0.4) is 0 Å². The topological polar surface area (TPSA) is 57.2 Å². The zero-order chi connectivity index (χ0) is 16.3. The first kappa shape index (κ1) is 16.3. The molecule has 6 nitrogen and oxygen atoms in total. The van der Waals surface area contributed by atoms with Crippen LogP contribution in [-0.2, 0) is 15.9 Å². The SMILES string of the molecule is COCCNC1=CN(c2ccc(F)c(C(F)(F)F)c2)ON1O. The van der Waals surface area contributed by atoms with Gasteiger partial charge in [0.15, 0.2) is 5.82 Å². The molecule has 0 fully saturated rings. The molecule has 0 spiro atoms. The minimum absolute atomic E-state index is 0.0925. The second kappa shape index (κ2) is 6.38. The molecule has 1 aliphatic rings. The van der Waals surface area contributed by atoms with Crippen molar-refractivity contribution in [1.29, 1.82) is 0 Å². The van der Waals surface area contributed by atoms with Crippen LogP contribution in [0.25, 0.3) is 0 Å². The van der Waals surface area contributed by atoms with Crippen molar-refractivity contribution in [3.8, 4) is 0 Å². The Morgan fingerprint density at radius 3 is 2.73 bits per heavy atom. The van der Waals surface area contributed by atoms with E-state index in [1.165, 1.54) is 13.3 Å². The number of anilines is 1. The quantitative estimate of drug-likeness (QED) is 0.640. The Morgan fingerprint density at radius 2 is 2.09 bits per heavy atom. The van der Waals surface area contributed by atoms with Gasteiger partial charge in [-0.2, -0.15) is 18.2 Å². The zero-order valence-electron chi connectivity index (χ0n) is 11.4. The number of hydrogen-bond donors (Lipinski definition) is 2. The van der Waals surface area contributed by atoms with Crippen molar-refractivity contribution in [2.75, 3.05) is 25.3 Å². The minimum Gasteiger partial charge on any atom is -0.383 e. The van der Waals surface area contributed by atoms with E-state index >= 15 is 0 Å². The molecule has 1 aromatic rings. The molecule has 0 radical (unpaired) electrons. The van der Waals surface area contributed by atoms with Gasteiger partial charge in [0.2, 0.25) is 0 Å². The molecule has 1 aliphatic heterocycles. The van der Waals surface area contributed by atoms with E-state index in [0.717, 1.165) is 11.1 Å². The van der Waals surface area contributed by atoms with Crippen LogP contribution in [0.1, 0.15) is 5.56 Å². The number of ether oxygens (including phenoxy) is 1. The number of benzene rings is 1. The van der Waals surface area contributed by atoms with E-state index in [2.05, 4.69) is 5.32 Å². The molecule has 0 saturated heterocycles. The molecule has 0 saturated carbocycles. The first-order chi connectivity index (χ1) is 10.3. The standard InChI is InChI=1S/C12H13F4N3O3/c1-21-5-4-17-11-7-18(22-19(11)20)8-2-3-10(13)9(6-8)12(14,15)16/h2-3,6-7,17,20H,4-5H2,1H3. The summed E-state index contributed by atoms with van der Waals surface area (Å²) in [4.78, 5) is 4.83. The van der Waals surface area contributed by atoms with E-state index < -0.39 is 17.6 Å². The Hall–Kier alpha value is -2.04. The number of rotatable bonds is 5. The minimum atomic E-state index is -4.83.